The summed E-state index contributed by atoms with van der Waals surface area (Å²) in [5.74, 6) is 0. The smallest absolute Gasteiger partial charge is 0.250 e. The zero-order valence-corrected chi connectivity index (χ0v) is 12.2. The molecule has 5 heteroatoms. The van der Waals surface area contributed by atoms with Crippen molar-refractivity contribution in [2.75, 3.05) is 25.4 Å². The summed E-state index contributed by atoms with van der Waals surface area (Å²) >= 11 is 0. The number of nitrogen functional groups attached to an aromatic ring is 1. The van der Waals surface area contributed by atoms with Crippen LogP contribution in [0.2, 0.25) is 0 Å². The lowest BCUT2D eigenvalue weighted by Crippen LogP contribution is -2.30. The topological polar surface area (TPSA) is 71.5 Å². The number of aromatic nitrogens is 1. The quantitative estimate of drug-likeness (QED) is 0.864. The molecule has 1 unspecified atom stereocenters. The molecule has 0 saturated carbocycles. The van der Waals surface area contributed by atoms with Crippen LogP contribution in [0.25, 0.3) is 0 Å². The summed E-state index contributed by atoms with van der Waals surface area (Å²) in [4.78, 5) is 14.0. The third-order valence-electron chi connectivity index (χ3n) is 4.04. The van der Waals surface area contributed by atoms with Crippen molar-refractivity contribution in [1.82, 2.24) is 9.47 Å². The Morgan fingerprint density at radius 3 is 2.90 bits per heavy atom. The minimum Gasteiger partial charge on any atom is -0.398 e. The second-order valence-electron chi connectivity index (χ2n) is 6.04. The van der Waals surface area contributed by atoms with E-state index in [9.17, 15) is 9.90 Å². The Balaban J connectivity index is 1.81. The average Bonchev–Trinajstić information content (AvgIpc) is 2.55. The molecule has 2 rings (SSSR count). The predicted molar refractivity (Wildman–Crippen MR) is 80.6 cm³/mol. The van der Waals surface area contributed by atoms with Gasteiger partial charge in [-0.1, -0.05) is 0 Å². The Labute approximate surface area is 120 Å². The van der Waals surface area contributed by atoms with Gasteiger partial charge in [0, 0.05) is 31.0 Å². The number of aliphatic hydroxyl groups is 1. The van der Waals surface area contributed by atoms with Crippen molar-refractivity contribution in [3.05, 3.63) is 28.7 Å². The van der Waals surface area contributed by atoms with E-state index in [2.05, 4.69) is 4.90 Å². The molecule has 2 heterocycles. The maximum Gasteiger partial charge on any atom is 0.250 e. The number of pyridine rings is 1. The zero-order valence-electron chi connectivity index (χ0n) is 12.2. The van der Waals surface area contributed by atoms with Crippen molar-refractivity contribution >= 4 is 5.69 Å². The minimum atomic E-state index is -0.514. The van der Waals surface area contributed by atoms with Crippen LogP contribution in [0.5, 0.6) is 0 Å². The molecule has 0 bridgehead atoms. The van der Waals surface area contributed by atoms with Crippen LogP contribution < -0.4 is 11.3 Å². The number of nitrogens with two attached hydrogens (primary N) is 1. The van der Waals surface area contributed by atoms with E-state index in [1.165, 1.54) is 6.07 Å². The average molecular weight is 279 g/mol. The molecule has 1 fully saturated rings. The molecule has 1 saturated heterocycles. The van der Waals surface area contributed by atoms with E-state index < -0.39 is 5.60 Å². The predicted octanol–water partition coefficient (Wildman–Crippen LogP) is 1.06. The van der Waals surface area contributed by atoms with Crippen LogP contribution in [0.3, 0.4) is 0 Å². The molecule has 0 aromatic carbocycles. The van der Waals surface area contributed by atoms with Crippen molar-refractivity contribution in [3.8, 4) is 0 Å². The highest BCUT2D eigenvalue weighted by Gasteiger charge is 2.24. The molecular formula is C15H25N3O2. The van der Waals surface area contributed by atoms with Crippen LogP contribution in [-0.4, -0.2) is 39.8 Å². The van der Waals surface area contributed by atoms with Crippen LogP contribution in [0.15, 0.2) is 23.1 Å². The van der Waals surface area contributed by atoms with Gasteiger partial charge in [-0.3, -0.25) is 4.79 Å². The second kappa shape index (κ2) is 6.41. The summed E-state index contributed by atoms with van der Waals surface area (Å²) in [6.07, 6.45) is 5.36. The first kappa shape index (κ1) is 15.1. The van der Waals surface area contributed by atoms with Crippen LogP contribution in [-0.2, 0) is 6.54 Å². The molecule has 1 aliphatic heterocycles. The van der Waals surface area contributed by atoms with Gasteiger partial charge in [-0.05, 0) is 51.8 Å². The Morgan fingerprint density at radius 2 is 2.10 bits per heavy atom. The van der Waals surface area contributed by atoms with Crippen molar-refractivity contribution < 1.29 is 5.11 Å². The van der Waals surface area contributed by atoms with Gasteiger partial charge in [-0.25, -0.2) is 0 Å². The van der Waals surface area contributed by atoms with Gasteiger partial charge in [0.25, 0.3) is 5.56 Å². The molecule has 0 amide bonds. The van der Waals surface area contributed by atoms with E-state index in [-0.39, 0.29) is 5.56 Å². The molecule has 0 aliphatic carbocycles. The molecule has 1 aliphatic rings. The molecule has 0 radical (unpaired) electrons. The Bertz CT molecular complexity index is 496. The maximum absolute atomic E-state index is 11.7. The van der Waals surface area contributed by atoms with Gasteiger partial charge < -0.3 is 20.3 Å². The summed E-state index contributed by atoms with van der Waals surface area (Å²) < 4.78 is 1.67. The van der Waals surface area contributed by atoms with Gasteiger partial charge in [0.1, 0.15) is 0 Å². The van der Waals surface area contributed by atoms with Crippen molar-refractivity contribution in [1.29, 1.82) is 0 Å². The zero-order chi connectivity index (χ0) is 14.6. The van der Waals surface area contributed by atoms with Crippen molar-refractivity contribution in [3.63, 3.8) is 0 Å². The van der Waals surface area contributed by atoms with E-state index >= 15 is 0 Å². The fraction of sp³-hybridized carbons (Fsp3) is 0.667. The lowest BCUT2D eigenvalue weighted by Gasteiger charge is -2.22. The van der Waals surface area contributed by atoms with Gasteiger partial charge in [-0.2, -0.15) is 0 Å². The molecule has 1 atom stereocenters. The number of rotatable bonds is 4. The largest absolute Gasteiger partial charge is 0.398 e. The van der Waals surface area contributed by atoms with Gasteiger partial charge in [-0.15, -0.1) is 0 Å². The lowest BCUT2D eigenvalue weighted by atomic mass is 9.98. The number of anilines is 1. The Kier molecular flexibility index (Phi) is 4.83. The third-order valence-corrected chi connectivity index (χ3v) is 4.04. The van der Waals surface area contributed by atoms with Gasteiger partial charge in [0.05, 0.1) is 5.60 Å². The van der Waals surface area contributed by atoms with Gasteiger partial charge in [0.2, 0.25) is 0 Å². The number of aryl methyl sites for hydroxylation is 1. The van der Waals surface area contributed by atoms with E-state index in [0.29, 0.717) is 12.2 Å². The van der Waals surface area contributed by atoms with Crippen LogP contribution in [0, 0.1) is 0 Å². The second-order valence-corrected chi connectivity index (χ2v) is 6.04. The summed E-state index contributed by atoms with van der Waals surface area (Å²) in [6.45, 7) is 5.53. The molecule has 5 nitrogen and oxygen atoms in total. The van der Waals surface area contributed by atoms with Crippen LogP contribution >= 0.6 is 0 Å². The fourth-order valence-electron chi connectivity index (χ4n) is 2.73. The van der Waals surface area contributed by atoms with Gasteiger partial charge in [0.15, 0.2) is 0 Å². The Hall–Kier alpha value is -1.33. The van der Waals surface area contributed by atoms with Crippen LogP contribution in [0.4, 0.5) is 5.69 Å². The highest BCUT2D eigenvalue weighted by molar-refractivity contribution is 5.33. The van der Waals surface area contributed by atoms with Crippen molar-refractivity contribution in [2.24, 2.45) is 0 Å². The standard InChI is InChI=1S/C15H25N3O2/c1-15(20)6-2-8-17(11-7-15)9-3-10-18-12-13(16)4-5-14(18)19/h4-5,12,20H,2-3,6-11,16H2,1H3. The molecule has 112 valence electrons. The number of hydrogen-bond acceptors (Lipinski definition) is 4. The van der Waals surface area contributed by atoms with E-state index in [1.807, 2.05) is 6.92 Å². The monoisotopic (exact) mass is 279 g/mol. The molecule has 20 heavy (non-hydrogen) atoms. The van der Waals surface area contributed by atoms with E-state index in [1.54, 1.807) is 16.8 Å². The Morgan fingerprint density at radius 1 is 1.30 bits per heavy atom. The molecule has 3 N–H and O–H groups in total. The summed E-state index contributed by atoms with van der Waals surface area (Å²) in [6, 6.07) is 3.15. The molecular weight excluding hydrogens is 254 g/mol. The van der Waals surface area contributed by atoms with E-state index in [4.69, 9.17) is 5.73 Å². The first-order valence-electron chi connectivity index (χ1n) is 7.37. The number of nitrogens with zero attached hydrogens (tertiary/aromatic N) is 2. The maximum atomic E-state index is 11.7. The van der Waals surface area contributed by atoms with E-state index in [0.717, 1.165) is 45.3 Å². The first-order chi connectivity index (χ1) is 9.46. The fourth-order valence-corrected chi connectivity index (χ4v) is 2.73. The first-order valence-corrected chi connectivity index (χ1v) is 7.37. The molecule has 1 aromatic heterocycles. The molecule has 1 aromatic rings. The number of hydrogen-bond donors (Lipinski definition) is 2. The summed E-state index contributed by atoms with van der Waals surface area (Å²) in [5.41, 5.74) is 5.80. The lowest BCUT2D eigenvalue weighted by molar-refractivity contribution is 0.0446. The van der Waals surface area contributed by atoms with Crippen LogP contribution in [0.1, 0.15) is 32.6 Å². The minimum absolute atomic E-state index is 0.00185. The normalized spacial score (nSPS) is 24.5. The highest BCUT2D eigenvalue weighted by atomic mass is 16.3. The van der Waals surface area contributed by atoms with Crippen molar-refractivity contribution in [2.45, 2.75) is 44.8 Å². The van der Waals surface area contributed by atoms with Gasteiger partial charge >= 0.3 is 0 Å². The summed E-state index contributed by atoms with van der Waals surface area (Å²) in [7, 11) is 0. The molecule has 0 spiro atoms. The summed E-state index contributed by atoms with van der Waals surface area (Å²) in [5, 5.41) is 10.1. The SMILES string of the molecule is CC1(O)CCCN(CCCn2cc(N)ccc2=O)CC1. The highest BCUT2D eigenvalue weighted by Crippen LogP contribution is 2.21. The number of likely N-dealkylation sites (tertiary alicyclic amines) is 1. The third kappa shape index (κ3) is 4.35.